The molecule has 0 spiro atoms. The second-order valence-electron chi connectivity index (χ2n) is 10.5. The third kappa shape index (κ3) is 4.46. The van der Waals surface area contributed by atoms with E-state index in [1.807, 2.05) is 41.2 Å². The minimum Gasteiger partial charge on any atom is -0.492 e. The molecule has 5 aliphatic rings. The van der Waals surface area contributed by atoms with Gasteiger partial charge in [-0.3, -0.25) is 15.2 Å². The molecule has 1 aliphatic carbocycles. The van der Waals surface area contributed by atoms with Crippen molar-refractivity contribution in [2.75, 3.05) is 31.1 Å². The first-order chi connectivity index (χ1) is 18.7. The molecule has 1 amide bonds. The van der Waals surface area contributed by atoms with Crippen molar-refractivity contribution < 1.29 is 27.8 Å². The topological polar surface area (TPSA) is 114 Å². The van der Waals surface area contributed by atoms with Crippen molar-refractivity contribution in [2.45, 2.75) is 57.1 Å². The molecule has 1 unspecified atom stereocenters. The molecule has 5 heterocycles. The standard InChI is InChI=1S/C26H32F3N7O3/c1-2-39-16-10-17(22-18-12-31-33-23(18)34-36(22)13-16)15-4-5-21(30-11-15)35-9-6-19(20(37)14-35)32-24(38)25(7-3-8-25)26(27,28)29/h4-5,10-11,13,19-20,23,31,33-34,37H,2-3,6-9,12,14H2,1H3,(H,32,38)/t19-,20-,23?/m0/s1. The number of hydrogen-bond donors (Lipinski definition) is 5. The molecule has 3 atom stereocenters. The van der Waals surface area contributed by atoms with Gasteiger partial charge in [-0.25, -0.2) is 15.8 Å². The Hall–Kier alpha value is -3.13. The normalized spacial score (nSPS) is 27.9. The van der Waals surface area contributed by atoms with Gasteiger partial charge >= 0.3 is 6.18 Å². The Bertz CT molecular complexity index is 1230. The number of allylic oxidation sites excluding steroid dienone is 2. The van der Waals surface area contributed by atoms with Crippen LogP contribution in [-0.2, 0) is 9.53 Å². The number of aliphatic hydroxyl groups excluding tert-OH is 1. The number of nitrogens with zero attached hydrogens (tertiary/aromatic N) is 3. The van der Waals surface area contributed by atoms with Gasteiger partial charge in [-0.1, -0.05) is 6.42 Å². The zero-order valence-corrected chi connectivity index (χ0v) is 21.5. The Morgan fingerprint density at radius 1 is 1.33 bits per heavy atom. The van der Waals surface area contributed by atoms with Crippen molar-refractivity contribution in [2.24, 2.45) is 5.41 Å². The van der Waals surface area contributed by atoms with E-state index < -0.39 is 29.6 Å². The van der Waals surface area contributed by atoms with Crippen molar-refractivity contribution in [1.82, 2.24) is 31.6 Å². The van der Waals surface area contributed by atoms with Crippen LogP contribution in [0.4, 0.5) is 19.0 Å². The van der Waals surface area contributed by atoms with Crippen LogP contribution in [0.1, 0.15) is 38.2 Å². The van der Waals surface area contributed by atoms with Crippen LogP contribution >= 0.6 is 0 Å². The van der Waals surface area contributed by atoms with Crippen LogP contribution in [0.2, 0.25) is 0 Å². The van der Waals surface area contributed by atoms with Crippen LogP contribution in [0.5, 0.6) is 0 Å². The predicted octanol–water partition coefficient (Wildman–Crippen LogP) is 1.65. The Morgan fingerprint density at radius 2 is 2.15 bits per heavy atom. The molecule has 10 nitrogen and oxygen atoms in total. The maximum atomic E-state index is 13.5. The highest BCUT2D eigenvalue weighted by Crippen LogP contribution is 2.53. The number of ether oxygens (including phenoxy) is 1. The molecule has 3 fully saturated rings. The lowest BCUT2D eigenvalue weighted by molar-refractivity contribution is -0.243. The van der Waals surface area contributed by atoms with Crippen molar-refractivity contribution in [3.05, 3.63) is 53.2 Å². The van der Waals surface area contributed by atoms with Crippen molar-refractivity contribution in [3.63, 3.8) is 0 Å². The molecule has 0 radical (unpaired) electrons. The van der Waals surface area contributed by atoms with Crippen LogP contribution in [0.15, 0.2) is 47.6 Å². The average molecular weight is 548 g/mol. The highest BCUT2D eigenvalue weighted by atomic mass is 19.4. The quantitative estimate of drug-likeness (QED) is 0.363. The molecule has 0 bridgehead atoms. The third-order valence-corrected chi connectivity index (χ3v) is 8.26. The summed E-state index contributed by atoms with van der Waals surface area (Å²) >= 11 is 0. The number of β-amino-alcohol motifs (C(OH)–C–C–N with tert-alkyl or cyclic N) is 1. The van der Waals surface area contributed by atoms with E-state index in [-0.39, 0.29) is 25.6 Å². The van der Waals surface area contributed by atoms with E-state index in [2.05, 4.69) is 26.6 Å². The number of carbonyl (C=O) groups excluding carboxylic acids is 1. The largest absolute Gasteiger partial charge is 0.492 e. The van der Waals surface area contributed by atoms with E-state index in [9.17, 15) is 23.1 Å². The predicted molar refractivity (Wildman–Crippen MR) is 136 cm³/mol. The van der Waals surface area contributed by atoms with Gasteiger partial charge in [0.05, 0.1) is 30.6 Å². The average Bonchev–Trinajstić information content (AvgIpc) is 3.45. The summed E-state index contributed by atoms with van der Waals surface area (Å²) in [5, 5.41) is 15.2. The van der Waals surface area contributed by atoms with Gasteiger partial charge < -0.3 is 20.1 Å². The molecule has 13 heteroatoms. The molecule has 5 N–H and O–H groups in total. The van der Waals surface area contributed by atoms with Gasteiger partial charge in [-0.15, -0.1) is 0 Å². The number of amides is 1. The number of carbonyl (C=O) groups is 1. The molecular formula is C26H32F3N7O3. The van der Waals surface area contributed by atoms with Gasteiger partial charge in [0, 0.05) is 42.5 Å². The fraction of sp³-hybridized carbons (Fsp3) is 0.538. The van der Waals surface area contributed by atoms with Crippen LogP contribution in [-0.4, -0.2) is 71.7 Å². The lowest BCUT2D eigenvalue weighted by Crippen LogP contribution is -2.61. The fourth-order valence-electron chi connectivity index (χ4n) is 5.89. The number of hydrogen-bond acceptors (Lipinski definition) is 9. The van der Waals surface area contributed by atoms with Crippen LogP contribution in [0.25, 0.3) is 5.57 Å². The molecule has 4 aliphatic heterocycles. The smallest absolute Gasteiger partial charge is 0.403 e. The van der Waals surface area contributed by atoms with Gasteiger partial charge in [0.25, 0.3) is 0 Å². The number of pyridine rings is 1. The summed E-state index contributed by atoms with van der Waals surface area (Å²) in [4.78, 5) is 19.1. The Balaban J connectivity index is 1.15. The summed E-state index contributed by atoms with van der Waals surface area (Å²) in [7, 11) is 0. The number of aliphatic hydroxyl groups is 1. The molecule has 6 rings (SSSR count). The first-order valence-electron chi connectivity index (χ1n) is 13.3. The Morgan fingerprint density at radius 3 is 2.79 bits per heavy atom. The number of halogens is 3. The summed E-state index contributed by atoms with van der Waals surface area (Å²) in [5.41, 5.74) is 11.5. The second kappa shape index (κ2) is 9.81. The minimum absolute atomic E-state index is 0.0218. The van der Waals surface area contributed by atoms with Crippen molar-refractivity contribution >= 4 is 17.3 Å². The molecular weight excluding hydrogens is 515 g/mol. The molecule has 2 saturated heterocycles. The highest BCUT2D eigenvalue weighted by Gasteiger charge is 2.63. The SMILES string of the molecule is CCOC1=CN2NC3NNCC3=C2C(c2ccc(N3CC[C@H](NC(=O)C4(C(F)(F)F)CCC4)[C@@H](O)C3)nc2)=C1. The Kier molecular flexibility index (Phi) is 6.57. The molecule has 210 valence electrons. The van der Waals surface area contributed by atoms with Crippen molar-refractivity contribution in [3.8, 4) is 0 Å². The number of rotatable bonds is 6. The summed E-state index contributed by atoms with van der Waals surface area (Å²) in [6.45, 7) is 3.76. The maximum absolute atomic E-state index is 13.5. The van der Waals surface area contributed by atoms with Crippen LogP contribution in [0.3, 0.4) is 0 Å². The monoisotopic (exact) mass is 547 g/mol. The van der Waals surface area contributed by atoms with E-state index in [1.165, 1.54) is 5.57 Å². The molecule has 0 aromatic carbocycles. The maximum Gasteiger partial charge on any atom is 0.403 e. The van der Waals surface area contributed by atoms with Gasteiger partial charge in [0.2, 0.25) is 5.91 Å². The van der Waals surface area contributed by atoms with Crippen molar-refractivity contribution in [1.29, 1.82) is 0 Å². The van der Waals surface area contributed by atoms with Gasteiger partial charge in [0.1, 0.15) is 23.2 Å². The van der Waals surface area contributed by atoms with Gasteiger partial charge in [0.15, 0.2) is 0 Å². The number of nitrogens with one attached hydrogen (secondary N) is 4. The number of aromatic nitrogens is 1. The first-order valence-corrected chi connectivity index (χ1v) is 13.3. The number of anilines is 1. The van der Waals surface area contributed by atoms with Gasteiger partial charge in [-0.05, 0) is 44.4 Å². The minimum atomic E-state index is -4.59. The fourth-order valence-corrected chi connectivity index (χ4v) is 5.89. The van der Waals surface area contributed by atoms with Gasteiger partial charge in [-0.2, -0.15) is 13.2 Å². The summed E-state index contributed by atoms with van der Waals surface area (Å²) in [6.07, 6.45) is 0.344. The van der Waals surface area contributed by atoms with Crippen LogP contribution < -0.4 is 26.5 Å². The number of piperidine rings is 1. The van der Waals surface area contributed by atoms with E-state index >= 15 is 0 Å². The van der Waals surface area contributed by atoms with E-state index in [0.29, 0.717) is 38.4 Å². The summed E-state index contributed by atoms with van der Waals surface area (Å²) < 4.78 is 46.4. The summed E-state index contributed by atoms with van der Waals surface area (Å²) in [5.74, 6) is 0.345. The van der Waals surface area contributed by atoms with E-state index in [1.54, 1.807) is 6.20 Å². The van der Waals surface area contributed by atoms with Crippen LogP contribution in [0, 0.1) is 5.41 Å². The van der Waals surface area contributed by atoms with E-state index in [0.717, 1.165) is 22.6 Å². The number of hydrazine groups is 2. The third-order valence-electron chi connectivity index (χ3n) is 8.26. The zero-order chi connectivity index (χ0) is 27.4. The number of fused-ring (bicyclic) bond motifs is 2. The summed E-state index contributed by atoms with van der Waals surface area (Å²) in [6, 6.07) is 3.09. The first kappa shape index (κ1) is 26.1. The molecule has 1 aromatic rings. The molecule has 39 heavy (non-hydrogen) atoms. The molecule has 1 aromatic heterocycles. The number of alkyl halides is 3. The lowest BCUT2D eigenvalue weighted by Gasteiger charge is -2.44. The zero-order valence-electron chi connectivity index (χ0n) is 21.5. The Labute approximate surface area is 223 Å². The lowest BCUT2D eigenvalue weighted by atomic mass is 9.67. The molecule has 1 saturated carbocycles. The highest BCUT2D eigenvalue weighted by molar-refractivity contribution is 5.85. The van der Waals surface area contributed by atoms with E-state index in [4.69, 9.17) is 4.74 Å². The second-order valence-corrected chi connectivity index (χ2v) is 10.5.